The van der Waals surface area contributed by atoms with Crippen molar-refractivity contribution in [1.82, 2.24) is 10.2 Å². The van der Waals surface area contributed by atoms with Crippen LogP contribution in [0.2, 0.25) is 0 Å². The van der Waals surface area contributed by atoms with Gasteiger partial charge < -0.3 is 5.10 Å². The van der Waals surface area contributed by atoms with Crippen LogP contribution < -0.4 is 5.56 Å². The van der Waals surface area contributed by atoms with E-state index in [0.717, 1.165) is 6.20 Å². The third kappa shape index (κ3) is 1.09. The quantitative estimate of drug-likeness (QED) is 0.461. The van der Waals surface area contributed by atoms with Crippen LogP contribution >= 0.6 is 0 Å². The third-order valence-corrected chi connectivity index (χ3v) is 1.75. The van der Waals surface area contributed by atoms with Crippen LogP contribution in [0.5, 0.6) is 0 Å². The summed E-state index contributed by atoms with van der Waals surface area (Å²) in [6.07, 6.45) is 0.873. The predicted molar refractivity (Wildman–Crippen MR) is 31.2 cm³/mol. The molecule has 7 heteroatoms. The fraction of sp³-hybridized carbons (Fsp3) is 0. The minimum atomic E-state index is -4.37. The van der Waals surface area contributed by atoms with Crippen molar-refractivity contribution >= 4 is 10.1 Å². The highest BCUT2D eigenvalue weighted by Crippen LogP contribution is 1.95. The van der Waals surface area contributed by atoms with Gasteiger partial charge in [0.15, 0.2) is 4.90 Å². The molecule has 0 spiro atoms. The molecule has 1 aromatic heterocycles. The molecule has 0 saturated carbocycles. The highest BCUT2D eigenvalue weighted by Gasteiger charge is 2.14. The van der Waals surface area contributed by atoms with Gasteiger partial charge in [0.1, 0.15) is 0 Å². The molecule has 0 bridgehead atoms. The topological polar surface area (TPSA) is 103 Å². The van der Waals surface area contributed by atoms with E-state index in [2.05, 4.69) is 5.10 Å². The first-order valence-corrected chi connectivity index (χ1v) is 3.69. The van der Waals surface area contributed by atoms with Crippen molar-refractivity contribution in [2.24, 2.45) is 0 Å². The molecule has 0 amide bonds. The van der Waals surface area contributed by atoms with E-state index in [1.807, 2.05) is 5.10 Å². The van der Waals surface area contributed by atoms with E-state index in [4.69, 9.17) is 4.55 Å². The zero-order valence-electron chi connectivity index (χ0n) is 4.66. The summed E-state index contributed by atoms with van der Waals surface area (Å²) in [6, 6.07) is 0. The summed E-state index contributed by atoms with van der Waals surface area (Å²) in [5.74, 6) is 0. The molecule has 0 unspecified atom stereocenters. The highest BCUT2D eigenvalue weighted by molar-refractivity contribution is 7.85. The number of aromatic amines is 2. The Morgan fingerprint density at radius 1 is 1.50 bits per heavy atom. The minimum absolute atomic E-state index is 0.674. The summed E-state index contributed by atoms with van der Waals surface area (Å²) in [5.41, 5.74) is -0.859. The van der Waals surface area contributed by atoms with Gasteiger partial charge in [0.05, 0.1) is 0 Å². The molecule has 0 radical (unpaired) electrons. The molecule has 0 aliphatic heterocycles. The van der Waals surface area contributed by atoms with Crippen LogP contribution in [-0.4, -0.2) is 23.2 Å². The van der Waals surface area contributed by atoms with E-state index in [-0.39, 0.29) is 0 Å². The normalized spacial score (nSPS) is 11.7. The maximum atomic E-state index is 10.4. The molecule has 1 heterocycles. The lowest BCUT2D eigenvalue weighted by Gasteiger charge is -1.83. The monoisotopic (exact) mass is 164 g/mol. The Hall–Kier alpha value is -1.08. The van der Waals surface area contributed by atoms with Gasteiger partial charge in [-0.15, -0.1) is 0 Å². The number of aromatic nitrogens is 2. The molecule has 0 aromatic carbocycles. The van der Waals surface area contributed by atoms with Crippen LogP contribution in [0.1, 0.15) is 0 Å². The highest BCUT2D eigenvalue weighted by atomic mass is 32.2. The van der Waals surface area contributed by atoms with E-state index in [9.17, 15) is 13.2 Å². The standard InChI is InChI=1S/C3H4N2O4S/c6-3-2(1-4-5-3)10(7,8)9/h1H,(H2,4,5,6)(H,7,8,9). The average Bonchev–Trinajstić information content (AvgIpc) is 2.11. The Labute approximate surface area is 55.6 Å². The molecule has 0 fully saturated rings. The van der Waals surface area contributed by atoms with Gasteiger partial charge in [-0.25, -0.2) is 0 Å². The zero-order valence-corrected chi connectivity index (χ0v) is 5.47. The molecular formula is C3H4N2O4S. The van der Waals surface area contributed by atoms with Gasteiger partial charge in [0.25, 0.3) is 5.56 Å². The third-order valence-electron chi connectivity index (χ3n) is 0.891. The Balaban J connectivity index is 3.47. The first kappa shape index (κ1) is 7.03. The number of rotatable bonds is 1. The summed E-state index contributed by atoms with van der Waals surface area (Å²) in [7, 11) is -4.37. The van der Waals surface area contributed by atoms with Gasteiger partial charge in [0.2, 0.25) is 0 Å². The van der Waals surface area contributed by atoms with Crippen LogP contribution in [0.25, 0.3) is 0 Å². The summed E-state index contributed by atoms with van der Waals surface area (Å²) < 4.78 is 28.8. The van der Waals surface area contributed by atoms with E-state index in [1.54, 1.807) is 0 Å². The Morgan fingerprint density at radius 3 is 2.30 bits per heavy atom. The minimum Gasteiger partial charge on any atom is -0.304 e. The lowest BCUT2D eigenvalue weighted by atomic mass is 10.7. The van der Waals surface area contributed by atoms with Gasteiger partial charge in [-0.05, 0) is 0 Å². The smallest absolute Gasteiger partial charge is 0.301 e. The molecule has 1 rings (SSSR count). The maximum absolute atomic E-state index is 10.4. The second kappa shape index (κ2) is 1.96. The van der Waals surface area contributed by atoms with Crippen molar-refractivity contribution in [3.8, 4) is 0 Å². The number of H-pyrrole nitrogens is 2. The van der Waals surface area contributed by atoms with Crippen LogP contribution in [0, 0.1) is 0 Å². The van der Waals surface area contributed by atoms with Crippen LogP contribution in [-0.2, 0) is 10.1 Å². The summed E-state index contributed by atoms with van der Waals surface area (Å²) in [4.78, 5) is 9.77. The van der Waals surface area contributed by atoms with Gasteiger partial charge in [-0.3, -0.25) is 14.4 Å². The summed E-state index contributed by atoms with van der Waals surface area (Å²) in [6.45, 7) is 0. The fourth-order valence-electron chi connectivity index (χ4n) is 0.486. The number of nitrogens with one attached hydrogen (secondary N) is 2. The first-order chi connectivity index (χ1) is 4.52. The summed E-state index contributed by atoms with van der Waals surface area (Å²) >= 11 is 0. The largest absolute Gasteiger partial charge is 0.304 e. The second-order valence-corrected chi connectivity index (χ2v) is 2.97. The average molecular weight is 164 g/mol. The molecule has 0 saturated heterocycles. The molecular weight excluding hydrogens is 160 g/mol. The lowest BCUT2D eigenvalue weighted by Crippen LogP contribution is -2.10. The molecule has 1 aromatic rings. The molecule has 0 aliphatic carbocycles. The Bertz CT molecular complexity index is 371. The van der Waals surface area contributed by atoms with Crippen molar-refractivity contribution in [3.05, 3.63) is 16.6 Å². The van der Waals surface area contributed by atoms with Crippen LogP contribution in [0.4, 0.5) is 0 Å². The van der Waals surface area contributed by atoms with Gasteiger partial charge in [-0.1, -0.05) is 0 Å². The SMILES string of the molecule is O=c1[nH][nH]cc1S(=O)(=O)O. The van der Waals surface area contributed by atoms with Gasteiger partial charge in [-0.2, -0.15) is 8.42 Å². The van der Waals surface area contributed by atoms with Crippen LogP contribution in [0.15, 0.2) is 15.9 Å². The van der Waals surface area contributed by atoms with E-state index in [0.29, 0.717) is 0 Å². The van der Waals surface area contributed by atoms with Gasteiger partial charge in [0, 0.05) is 6.20 Å². The Kier molecular flexibility index (Phi) is 1.38. The lowest BCUT2D eigenvalue weighted by molar-refractivity contribution is 0.482. The van der Waals surface area contributed by atoms with E-state index >= 15 is 0 Å². The van der Waals surface area contributed by atoms with Crippen molar-refractivity contribution in [3.63, 3.8) is 0 Å². The zero-order chi connectivity index (χ0) is 7.78. The number of hydrogen-bond donors (Lipinski definition) is 3. The van der Waals surface area contributed by atoms with Crippen molar-refractivity contribution in [2.45, 2.75) is 4.90 Å². The molecule has 0 aliphatic rings. The Morgan fingerprint density at radius 2 is 2.10 bits per heavy atom. The molecule has 6 nitrogen and oxygen atoms in total. The molecule has 56 valence electrons. The fourth-order valence-corrected chi connectivity index (χ4v) is 0.979. The van der Waals surface area contributed by atoms with Crippen molar-refractivity contribution < 1.29 is 13.0 Å². The summed E-state index contributed by atoms with van der Waals surface area (Å²) in [5, 5.41) is 4.08. The molecule has 0 atom stereocenters. The van der Waals surface area contributed by atoms with Gasteiger partial charge >= 0.3 is 10.1 Å². The van der Waals surface area contributed by atoms with Crippen molar-refractivity contribution in [1.29, 1.82) is 0 Å². The van der Waals surface area contributed by atoms with Crippen LogP contribution in [0.3, 0.4) is 0 Å². The maximum Gasteiger partial charge on any atom is 0.301 e. The second-order valence-electron chi connectivity index (χ2n) is 1.58. The first-order valence-electron chi connectivity index (χ1n) is 2.25. The molecule has 3 N–H and O–H groups in total. The molecule has 10 heavy (non-hydrogen) atoms. The number of hydrogen-bond acceptors (Lipinski definition) is 3. The van der Waals surface area contributed by atoms with E-state index in [1.165, 1.54) is 0 Å². The predicted octanol–water partition coefficient (Wildman–Crippen LogP) is -1.05. The van der Waals surface area contributed by atoms with E-state index < -0.39 is 20.6 Å². The van der Waals surface area contributed by atoms with Crippen molar-refractivity contribution in [2.75, 3.05) is 0 Å².